The van der Waals surface area contributed by atoms with Gasteiger partial charge in [-0.1, -0.05) is 20.8 Å². The summed E-state index contributed by atoms with van der Waals surface area (Å²) < 4.78 is 6.16. The average Bonchev–Trinajstić information content (AvgIpc) is 2.70. The number of aromatic nitrogens is 5. The van der Waals surface area contributed by atoms with Crippen molar-refractivity contribution in [3.63, 3.8) is 0 Å². The number of nitrogens with zero attached hydrogens (tertiary/aromatic N) is 5. The van der Waals surface area contributed by atoms with Crippen LogP contribution in [0, 0.1) is 0 Å². The Balaban J connectivity index is 2.52. The van der Waals surface area contributed by atoms with Gasteiger partial charge in [0.2, 0.25) is 0 Å². The molecule has 0 unspecified atom stereocenters. The van der Waals surface area contributed by atoms with Gasteiger partial charge < -0.3 is 5.73 Å². The van der Waals surface area contributed by atoms with Gasteiger partial charge >= 0.3 is 0 Å². The first kappa shape index (κ1) is 10.6. The summed E-state index contributed by atoms with van der Waals surface area (Å²) in [6.45, 7) is 6.11. The highest BCUT2D eigenvalue weighted by molar-refractivity contribution is 5.62. The number of hydrogen-bond donors (Lipinski definition) is 1. The predicted octanol–water partition coefficient (Wildman–Crippen LogP) is 0.745. The minimum atomic E-state index is -0.123. The van der Waals surface area contributed by atoms with Crippen LogP contribution in [0.25, 0.3) is 11.5 Å². The van der Waals surface area contributed by atoms with Crippen LogP contribution in [0.1, 0.15) is 26.6 Å². The lowest BCUT2D eigenvalue weighted by Gasteiger charge is -2.11. The summed E-state index contributed by atoms with van der Waals surface area (Å²) in [4.78, 5) is 4.39. The minimum Gasteiger partial charge on any atom is -0.379 e. The Morgan fingerprint density at radius 3 is 2.38 bits per heavy atom. The summed E-state index contributed by atoms with van der Waals surface area (Å²) in [6.07, 6.45) is 0. The van der Waals surface area contributed by atoms with Gasteiger partial charge in [-0.3, -0.25) is 0 Å². The molecule has 7 nitrogen and oxygen atoms in total. The molecule has 0 radical (unpaired) electrons. The lowest BCUT2D eigenvalue weighted by atomic mass is 9.96. The maximum Gasteiger partial charge on any atom is 0.199 e. The van der Waals surface area contributed by atoms with Crippen molar-refractivity contribution in [3.8, 4) is 11.5 Å². The molecule has 0 saturated carbocycles. The second kappa shape index (κ2) is 3.29. The molecule has 0 bridgehead atoms. The molecule has 2 N–H and O–H groups in total. The molecule has 0 atom stereocenters. The fraction of sp³-hybridized carbons (Fsp3) is 0.556. The van der Waals surface area contributed by atoms with Crippen LogP contribution in [-0.4, -0.2) is 25.1 Å². The Morgan fingerprint density at radius 2 is 1.94 bits per heavy atom. The van der Waals surface area contributed by atoms with Crippen LogP contribution >= 0.6 is 0 Å². The highest BCUT2D eigenvalue weighted by Gasteiger charge is 2.23. The van der Waals surface area contributed by atoms with Gasteiger partial charge in [0.05, 0.1) is 0 Å². The van der Waals surface area contributed by atoms with E-state index < -0.39 is 0 Å². The minimum absolute atomic E-state index is 0.123. The van der Waals surface area contributed by atoms with Crippen LogP contribution in [0.15, 0.2) is 4.63 Å². The molecule has 16 heavy (non-hydrogen) atoms. The predicted molar refractivity (Wildman–Crippen MR) is 57.4 cm³/mol. The first-order chi connectivity index (χ1) is 7.39. The molecule has 0 aromatic carbocycles. The fourth-order valence-corrected chi connectivity index (χ4v) is 1.26. The third kappa shape index (κ3) is 1.64. The second-order valence-corrected chi connectivity index (χ2v) is 4.63. The van der Waals surface area contributed by atoms with Crippen molar-refractivity contribution < 1.29 is 4.63 Å². The molecule has 2 heterocycles. The average molecular weight is 222 g/mol. The molecule has 7 heteroatoms. The summed E-state index contributed by atoms with van der Waals surface area (Å²) in [5.41, 5.74) is 5.91. The van der Waals surface area contributed by atoms with E-state index in [2.05, 4.69) is 25.0 Å². The Hall–Kier alpha value is -1.92. The Labute approximate surface area is 92.6 Å². The van der Waals surface area contributed by atoms with E-state index in [-0.39, 0.29) is 11.2 Å². The summed E-state index contributed by atoms with van der Waals surface area (Å²) in [5, 5.41) is 11.5. The number of anilines is 1. The Kier molecular flexibility index (Phi) is 2.18. The molecule has 2 aromatic rings. The van der Waals surface area contributed by atoms with Crippen LogP contribution in [-0.2, 0) is 12.5 Å². The van der Waals surface area contributed by atoms with Crippen LogP contribution < -0.4 is 5.73 Å². The van der Waals surface area contributed by atoms with Gasteiger partial charge in [0.1, 0.15) is 0 Å². The SMILES string of the molecule is Cn1nc(C(C)(C)C)nc1-c1nonc1N. The van der Waals surface area contributed by atoms with E-state index in [1.165, 1.54) is 0 Å². The Morgan fingerprint density at radius 1 is 1.25 bits per heavy atom. The quantitative estimate of drug-likeness (QED) is 0.764. The zero-order valence-corrected chi connectivity index (χ0v) is 9.72. The van der Waals surface area contributed by atoms with E-state index in [0.29, 0.717) is 11.5 Å². The van der Waals surface area contributed by atoms with Gasteiger partial charge in [-0.15, -0.1) is 0 Å². The number of rotatable bonds is 1. The maximum absolute atomic E-state index is 5.61. The number of aryl methyl sites for hydroxylation is 1. The van der Waals surface area contributed by atoms with E-state index in [4.69, 9.17) is 5.73 Å². The van der Waals surface area contributed by atoms with E-state index in [0.717, 1.165) is 5.82 Å². The van der Waals surface area contributed by atoms with Gasteiger partial charge in [0.15, 0.2) is 23.2 Å². The van der Waals surface area contributed by atoms with E-state index in [1.54, 1.807) is 11.7 Å². The highest BCUT2D eigenvalue weighted by atomic mass is 16.6. The van der Waals surface area contributed by atoms with E-state index in [9.17, 15) is 0 Å². The van der Waals surface area contributed by atoms with E-state index in [1.807, 2.05) is 20.8 Å². The van der Waals surface area contributed by atoms with E-state index >= 15 is 0 Å². The summed E-state index contributed by atoms with van der Waals surface area (Å²) in [7, 11) is 1.78. The fourth-order valence-electron chi connectivity index (χ4n) is 1.26. The largest absolute Gasteiger partial charge is 0.379 e. The van der Waals surface area contributed by atoms with Gasteiger partial charge in [-0.25, -0.2) is 14.3 Å². The molecule has 0 fully saturated rings. The van der Waals surface area contributed by atoms with Crippen molar-refractivity contribution in [2.24, 2.45) is 7.05 Å². The third-order valence-corrected chi connectivity index (χ3v) is 2.16. The van der Waals surface area contributed by atoms with Gasteiger partial charge in [0, 0.05) is 12.5 Å². The number of nitrogen functional groups attached to an aromatic ring is 1. The van der Waals surface area contributed by atoms with Crippen LogP contribution in [0.3, 0.4) is 0 Å². The summed E-state index contributed by atoms with van der Waals surface area (Å²) >= 11 is 0. The van der Waals surface area contributed by atoms with Crippen molar-refractivity contribution in [2.45, 2.75) is 26.2 Å². The molecule has 0 spiro atoms. The number of hydrogen-bond acceptors (Lipinski definition) is 6. The van der Waals surface area contributed by atoms with Crippen LogP contribution in [0.5, 0.6) is 0 Å². The first-order valence-corrected chi connectivity index (χ1v) is 4.89. The summed E-state index contributed by atoms with van der Waals surface area (Å²) in [5.74, 6) is 1.51. The molecule has 0 aliphatic carbocycles. The van der Waals surface area contributed by atoms with Crippen molar-refractivity contribution in [1.29, 1.82) is 0 Å². The molecule has 0 aliphatic rings. The standard InChI is InChI=1S/C9H14N6O/c1-9(2,3)8-11-7(15(4)12-8)5-6(10)14-16-13-5/h1-4H3,(H2,10,14). The van der Waals surface area contributed by atoms with Crippen molar-refractivity contribution in [3.05, 3.63) is 5.82 Å². The van der Waals surface area contributed by atoms with Gasteiger partial charge in [0.25, 0.3) is 0 Å². The molecular weight excluding hydrogens is 208 g/mol. The maximum atomic E-state index is 5.61. The number of nitrogens with two attached hydrogens (primary N) is 1. The lowest BCUT2D eigenvalue weighted by Crippen LogP contribution is -2.13. The molecule has 0 amide bonds. The Bertz CT molecular complexity index is 506. The van der Waals surface area contributed by atoms with Gasteiger partial charge in [-0.05, 0) is 10.3 Å². The molecule has 86 valence electrons. The molecular formula is C9H14N6O. The molecule has 2 rings (SSSR count). The van der Waals surface area contributed by atoms with Crippen LogP contribution in [0.4, 0.5) is 5.82 Å². The third-order valence-electron chi connectivity index (χ3n) is 2.16. The van der Waals surface area contributed by atoms with Crippen molar-refractivity contribution in [1.82, 2.24) is 25.1 Å². The van der Waals surface area contributed by atoms with Crippen molar-refractivity contribution >= 4 is 5.82 Å². The zero-order valence-electron chi connectivity index (χ0n) is 9.72. The van der Waals surface area contributed by atoms with Gasteiger partial charge in [-0.2, -0.15) is 5.10 Å². The normalized spacial score (nSPS) is 12.0. The highest BCUT2D eigenvalue weighted by Crippen LogP contribution is 2.24. The second-order valence-electron chi connectivity index (χ2n) is 4.63. The lowest BCUT2D eigenvalue weighted by molar-refractivity contribution is 0.310. The molecule has 0 saturated heterocycles. The topological polar surface area (TPSA) is 95.6 Å². The summed E-state index contributed by atoms with van der Waals surface area (Å²) in [6, 6.07) is 0. The molecule has 2 aromatic heterocycles. The zero-order chi connectivity index (χ0) is 11.9. The molecule has 0 aliphatic heterocycles. The van der Waals surface area contributed by atoms with Crippen LogP contribution in [0.2, 0.25) is 0 Å². The first-order valence-electron chi connectivity index (χ1n) is 4.89. The smallest absolute Gasteiger partial charge is 0.199 e. The van der Waals surface area contributed by atoms with Crippen molar-refractivity contribution in [2.75, 3.05) is 5.73 Å². The monoisotopic (exact) mass is 222 g/mol.